The number of hydrogen-bond donors (Lipinski definition) is 0. The van der Waals surface area contributed by atoms with Crippen molar-refractivity contribution in [2.75, 3.05) is 6.54 Å². The van der Waals surface area contributed by atoms with Gasteiger partial charge in [0.25, 0.3) is 5.69 Å². The van der Waals surface area contributed by atoms with E-state index in [2.05, 4.69) is 10.2 Å². The summed E-state index contributed by atoms with van der Waals surface area (Å²) in [7, 11) is 0. The van der Waals surface area contributed by atoms with Gasteiger partial charge in [-0.3, -0.25) is 14.9 Å². The number of azo groups is 1. The summed E-state index contributed by atoms with van der Waals surface area (Å²) in [5.74, 6) is 0. The largest absolute Gasteiger partial charge is 0.296 e. The van der Waals surface area contributed by atoms with E-state index in [9.17, 15) is 14.9 Å². The summed E-state index contributed by atoms with van der Waals surface area (Å²) in [4.78, 5) is 20.3. The van der Waals surface area contributed by atoms with Crippen molar-refractivity contribution in [1.82, 2.24) is 0 Å². The van der Waals surface area contributed by atoms with E-state index in [-0.39, 0.29) is 17.9 Å². The summed E-state index contributed by atoms with van der Waals surface area (Å²) in [6.07, 6.45) is 0. The number of nitrogens with zero attached hydrogens (tertiary/aromatic N) is 3. The van der Waals surface area contributed by atoms with Gasteiger partial charge in [-0.05, 0) is 17.7 Å². The molecule has 0 bridgehead atoms. The Morgan fingerprint density at radius 2 is 2.13 bits per heavy atom. The van der Waals surface area contributed by atoms with Crippen LogP contribution < -0.4 is 0 Å². The molecule has 0 unspecified atom stereocenters. The molecule has 1 aromatic rings. The Morgan fingerprint density at radius 1 is 1.47 bits per heavy atom. The summed E-state index contributed by atoms with van der Waals surface area (Å²) < 4.78 is 0. The van der Waals surface area contributed by atoms with Crippen molar-refractivity contribution >= 4 is 28.2 Å². The van der Waals surface area contributed by atoms with E-state index in [1.54, 1.807) is 6.07 Å². The molecule has 7 heteroatoms. The third kappa shape index (κ3) is 3.43. The number of hydrogen-bond acceptors (Lipinski definition) is 5. The molecule has 0 N–H and O–H groups in total. The molecule has 0 aromatic heterocycles. The Bertz CT molecular complexity index is 419. The van der Waals surface area contributed by atoms with Crippen LogP contribution in [0.4, 0.5) is 11.4 Å². The second-order valence-corrected chi connectivity index (χ2v) is 2.92. The zero-order valence-corrected chi connectivity index (χ0v) is 8.22. The number of nitro groups is 1. The Kier molecular flexibility index (Phi) is 3.87. The number of halogens is 1. The monoisotopic (exact) mass is 227 g/mol. The third-order valence-electron chi connectivity index (χ3n) is 1.45. The molecule has 0 heterocycles. The molecule has 15 heavy (non-hydrogen) atoms. The van der Waals surface area contributed by atoms with Crippen molar-refractivity contribution in [3.63, 3.8) is 0 Å². The number of carbonyl (C=O) groups is 1. The number of carbonyl (C=O) groups excluding carboxylic acids is 1. The molecule has 1 aromatic carbocycles. The lowest BCUT2D eigenvalue weighted by atomic mass is 10.3. The van der Waals surface area contributed by atoms with Crippen molar-refractivity contribution in [1.29, 1.82) is 0 Å². The highest BCUT2D eigenvalue weighted by atomic mass is 35.5. The summed E-state index contributed by atoms with van der Waals surface area (Å²) in [6, 6.07) is 5.84. The smallest absolute Gasteiger partial charge is 0.279 e. The average Bonchev–Trinajstić information content (AvgIpc) is 2.17. The van der Waals surface area contributed by atoms with Crippen LogP contribution >= 0.6 is 11.6 Å². The predicted molar refractivity (Wildman–Crippen MR) is 53.3 cm³/mol. The minimum absolute atomic E-state index is 0.0976. The molecule has 78 valence electrons. The van der Waals surface area contributed by atoms with Gasteiger partial charge in [-0.1, -0.05) is 12.1 Å². The quantitative estimate of drug-likeness (QED) is 0.343. The van der Waals surface area contributed by atoms with Gasteiger partial charge in [0.2, 0.25) is 5.24 Å². The van der Waals surface area contributed by atoms with E-state index < -0.39 is 10.2 Å². The summed E-state index contributed by atoms with van der Waals surface area (Å²) in [5, 5.41) is 16.8. The number of nitro benzene ring substituents is 1. The minimum Gasteiger partial charge on any atom is -0.279 e. The van der Waals surface area contributed by atoms with Gasteiger partial charge >= 0.3 is 0 Å². The first-order chi connectivity index (χ1) is 7.11. The second kappa shape index (κ2) is 5.16. The van der Waals surface area contributed by atoms with Crippen molar-refractivity contribution in [2.45, 2.75) is 0 Å². The Balaban J connectivity index is 2.89. The van der Waals surface area contributed by atoms with Crippen LogP contribution in [0, 0.1) is 10.1 Å². The fourth-order valence-electron chi connectivity index (χ4n) is 0.870. The molecule has 0 fully saturated rings. The molecule has 0 atom stereocenters. The van der Waals surface area contributed by atoms with Crippen LogP contribution in [0.2, 0.25) is 0 Å². The molecule has 0 saturated heterocycles. The lowest BCUT2D eigenvalue weighted by Crippen LogP contribution is -1.90. The van der Waals surface area contributed by atoms with E-state index in [0.29, 0.717) is 0 Å². The van der Waals surface area contributed by atoms with Crippen LogP contribution in [-0.2, 0) is 4.79 Å². The van der Waals surface area contributed by atoms with Crippen LogP contribution in [0.15, 0.2) is 34.5 Å². The van der Waals surface area contributed by atoms with Gasteiger partial charge < -0.3 is 0 Å². The van der Waals surface area contributed by atoms with Crippen molar-refractivity contribution in [3.8, 4) is 0 Å². The molecule has 0 amide bonds. The fourth-order valence-corrected chi connectivity index (χ4v) is 0.924. The second-order valence-electron chi connectivity index (χ2n) is 2.50. The van der Waals surface area contributed by atoms with Crippen LogP contribution in [0.25, 0.3) is 0 Å². The van der Waals surface area contributed by atoms with Crippen LogP contribution in [0.3, 0.4) is 0 Å². The molecular formula is C8H6ClN3O3. The van der Waals surface area contributed by atoms with Gasteiger partial charge in [-0.15, -0.1) is 5.11 Å². The number of benzene rings is 1. The lowest BCUT2D eigenvalue weighted by molar-refractivity contribution is -0.384. The van der Waals surface area contributed by atoms with E-state index in [0.717, 1.165) is 0 Å². The lowest BCUT2D eigenvalue weighted by Gasteiger charge is -1.94. The summed E-state index contributed by atoms with van der Waals surface area (Å²) in [5.41, 5.74) is -0.0660. The Labute approximate surface area is 89.7 Å². The van der Waals surface area contributed by atoms with E-state index in [4.69, 9.17) is 11.6 Å². The zero-order chi connectivity index (χ0) is 11.3. The number of rotatable bonds is 4. The highest BCUT2D eigenvalue weighted by Gasteiger charge is 2.11. The third-order valence-corrected chi connectivity index (χ3v) is 1.57. The van der Waals surface area contributed by atoms with Gasteiger partial charge in [0.1, 0.15) is 6.54 Å². The highest BCUT2D eigenvalue weighted by molar-refractivity contribution is 6.64. The first-order valence-electron chi connectivity index (χ1n) is 3.90. The van der Waals surface area contributed by atoms with Gasteiger partial charge in [-0.25, -0.2) is 0 Å². The van der Waals surface area contributed by atoms with Crippen molar-refractivity contribution < 1.29 is 9.72 Å². The minimum atomic E-state index is -0.669. The molecule has 0 spiro atoms. The van der Waals surface area contributed by atoms with Crippen LogP contribution in [-0.4, -0.2) is 16.7 Å². The topological polar surface area (TPSA) is 84.9 Å². The SMILES string of the molecule is O=C(Cl)CN=Nc1ccccc1[N+](=O)[O-]. The van der Waals surface area contributed by atoms with Crippen LogP contribution in [0.1, 0.15) is 0 Å². The first-order valence-corrected chi connectivity index (χ1v) is 4.28. The molecule has 0 aliphatic heterocycles. The molecule has 6 nitrogen and oxygen atoms in total. The summed E-state index contributed by atoms with van der Waals surface area (Å²) in [6.45, 7) is -0.298. The average molecular weight is 228 g/mol. The Hall–Kier alpha value is -1.82. The van der Waals surface area contributed by atoms with Crippen LogP contribution in [0.5, 0.6) is 0 Å². The normalized spacial score (nSPS) is 10.5. The molecule has 0 saturated carbocycles. The van der Waals surface area contributed by atoms with Crippen molar-refractivity contribution in [3.05, 3.63) is 34.4 Å². The molecule has 1 rings (SSSR count). The van der Waals surface area contributed by atoms with E-state index in [1.807, 2.05) is 0 Å². The van der Waals surface area contributed by atoms with Gasteiger partial charge in [0, 0.05) is 6.07 Å². The molecule has 0 aliphatic carbocycles. The van der Waals surface area contributed by atoms with Gasteiger partial charge in [0.05, 0.1) is 4.92 Å². The summed E-state index contributed by atoms with van der Waals surface area (Å²) >= 11 is 5.02. The van der Waals surface area contributed by atoms with Gasteiger partial charge in [-0.2, -0.15) is 5.11 Å². The highest BCUT2D eigenvalue weighted by Crippen LogP contribution is 2.26. The van der Waals surface area contributed by atoms with Crippen molar-refractivity contribution in [2.24, 2.45) is 10.2 Å². The van der Waals surface area contributed by atoms with Gasteiger partial charge in [0.15, 0.2) is 5.69 Å². The predicted octanol–water partition coefficient (Wildman–Crippen LogP) is 2.44. The standard InChI is InChI=1S/C8H6ClN3O3/c9-8(13)5-10-11-6-3-1-2-4-7(6)12(14)15/h1-4H,5H2. The molecular weight excluding hydrogens is 222 g/mol. The fraction of sp³-hybridized carbons (Fsp3) is 0.125. The maximum atomic E-state index is 10.5. The first kappa shape index (κ1) is 11.3. The van der Waals surface area contributed by atoms with E-state index in [1.165, 1.54) is 18.2 Å². The Morgan fingerprint density at radius 3 is 2.73 bits per heavy atom. The van der Waals surface area contributed by atoms with E-state index >= 15 is 0 Å². The maximum absolute atomic E-state index is 10.5. The number of para-hydroxylation sites is 1. The maximum Gasteiger partial charge on any atom is 0.296 e. The zero-order valence-electron chi connectivity index (χ0n) is 7.46. The molecule has 0 radical (unpaired) electrons. The molecule has 0 aliphatic rings.